The fourth-order valence-electron chi connectivity index (χ4n) is 4.53. The van der Waals surface area contributed by atoms with Crippen molar-refractivity contribution in [2.24, 2.45) is 16.8 Å². The van der Waals surface area contributed by atoms with E-state index in [1.165, 1.54) is 6.07 Å². The molecule has 1 fully saturated rings. The van der Waals surface area contributed by atoms with Crippen molar-refractivity contribution in [3.8, 4) is 17.0 Å². The summed E-state index contributed by atoms with van der Waals surface area (Å²) in [6.07, 6.45) is 4.71. The van der Waals surface area contributed by atoms with E-state index in [1.807, 2.05) is 24.3 Å². The molecule has 3 aromatic rings. The van der Waals surface area contributed by atoms with Gasteiger partial charge in [-0.15, -0.1) is 0 Å². The first-order valence-corrected chi connectivity index (χ1v) is 10.8. The average Bonchev–Trinajstić information content (AvgIpc) is 3.56. The van der Waals surface area contributed by atoms with E-state index in [0.717, 1.165) is 41.9 Å². The summed E-state index contributed by atoms with van der Waals surface area (Å²) < 4.78 is 20.9. The van der Waals surface area contributed by atoms with Gasteiger partial charge in [0, 0.05) is 46.9 Å². The van der Waals surface area contributed by atoms with Crippen molar-refractivity contribution in [3.05, 3.63) is 65.1 Å². The lowest BCUT2D eigenvalue weighted by atomic mass is 9.89. The third-order valence-corrected chi connectivity index (χ3v) is 6.43. The Kier molecular flexibility index (Phi) is 4.31. The van der Waals surface area contributed by atoms with Crippen LogP contribution in [0.5, 0.6) is 5.75 Å². The minimum atomic E-state index is -0.303. The Labute approximate surface area is 184 Å². The van der Waals surface area contributed by atoms with E-state index >= 15 is 0 Å². The zero-order chi connectivity index (χ0) is 21.8. The number of carbonyl (C=O) groups excluding carboxylic acids is 1. The molecular formula is C25H21FN4O2. The smallest absolute Gasteiger partial charge is 0.220 e. The van der Waals surface area contributed by atoms with Gasteiger partial charge in [-0.1, -0.05) is 0 Å². The second-order valence-electron chi connectivity index (χ2n) is 8.71. The first-order valence-electron chi connectivity index (χ1n) is 10.8. The lowest BCUT2D eigenvalue weighted by Gasteiger charge is -2.26. The Balaban J connectivity index is 1.28. The minimum absolute atomic E-state index is 0.0405. The highest BCUT2D eigenvalue weighted by atomic mass is 19.1. The van der Waals surface area contributed by atoms with Gasteiger partial charge in [-0.3, -0.25) is 9.79 Å². The largest absolute Gasteiger partial charge is 0.493 e. The summed E-state index contributed by atoms with van der Waals surface area (Å²) in [4.78, 5) is 25.3. The van der Waals surface area contributed by atoms with Gasteiger partial charge in [-0.2, -0.15) is 0 Å². The molecule has 1 aliphatic carbocycles. The molecule has 7 heteroatoms. The molecule has 0 spiro atoms. The molecule has 6 rings (SSSR count). The number of nitrogen functional groups attached to an aromatic ring is 1. The molecule has 32 heavy (non-hydrogen) atoms. The van der Waals surface area contributed by atoms with Gasteiger partial charge in [0.2, 0.25) is 5.95 Å². The molecule has 2 aliphatic heterocycles. The quantitative estimate of drug-likeness (QED) is 0.625. The summed E-state index contributed by atoms with van der Waals surface area (Å²) in [5.41, 5.74) is 10.7. The zero-order valence-electron chi connectivity index (χ0n) is 17.3. The number of benzene rings is 2. The first kappa shape index (κ1) is 19.1. The van der Waals surface area contributed by atoms with Crippen molar-refractivity contribution in [1.29, 1.82) is 0 Å². The molecule has 160 valence electrons. The number of halogens is 1. The molecule has 3 heterocycles. The lowest BCUT2D eigenvalue weighted by molar-refractivity contribution is 0.0967. The number of anilines is 1. The summed E-state index contributed by atoms with van der Waals surface area (Å²) in [6, 6.07) is 10.7. The van der Waals surface area contributed by atoms with Gasteiger partial charge in [0.25, 0.3) is 0 Å². The van der Waals surface area contributed by atoms with Crippen molar-refractivity contribution in [2.75, 3.05) is 12.3 Å². The Hall–Kier alpha value is -3.61. The maximum absolute atomic E-state index is 14.9. The van der Waals surface area contributed by atoms with E-state index in [0.29, 0.717) is 35.5 Å². The maximum Gasteiger partial charge on any atom is 0.220 e. The topological polar surface area (TPSA) is 90.5 Å². The second-order valence-corrected chi connectivity index (χ2v) is 8.71. The van der Waals surface area contributed by atoms with Crippen LogP contribution >= 0.6 is 0 Å². The molecule has 0 bridgehead atoms. The third kappa shape index (κ3) is 3.34. The number of fused-ring (bicyclic) bond motifs is 2. The van der Waals surface area contributed by atoms with Crippen LogP contribution in [0.3, 0.4) is 0 Å². The van der Waals surface area contributed by atoms with E-state index in [-0.39, 0.29) is 29.4 Å². The number of carbonyl (C=O) groups is 1. The van der Waals surface area contributed by atoms with Crippen molar-refractivity contribution in [1.82, 2.24) is 9.97 Å². The van der Waals surface area contributed by atoms with Crippen LogP contribution in [0.25, 0.3) is 11.3 Å². The fraction of sp³-hybridized carbons (Fsp3) is 0.280. The third-order valence-electron chi connectivity index (χ3n) is 6.43. The van der Waals surface area contributed by atoms with Gasteiger partial charge < -0.3 is 10.5 Å². The first-order chi connectivity index (χ1) is 15.5. The summed E-state index contributed by atoms with van der Waals surface area (Å²) >= 11 is 0. The number of hydrogen-bond donors (Lipinski definition) is 1. The Morgan fingerprint density at radius 3 is 2.84 bits per heavy atom. The molecule has 2 aromatic carbocycles. The van der Waals surface area contributed by atoms with Gasteiger partial charge >= 0.3 is 0 Å². The monoisotopic (exact) mass is 428 g/mol. The van der Waals surface area contributed by atoms with Crippen LogP contribution in [-0.2, 0) is 12.8 Å². The highest BCUT2D eigenvalue weighted by Crippen LogP contribution is 2.39. The SMILES string of the molecule is Nc1nccc(-c2cc(F)c3c(c2)N=C(C2COc4ccc(C(=O)C5CC5)cc4C2)C3)n1. The van der Waals surface area contributed by atoms with Gasteiger partial charge in [0.1, 0.15) is 11.6 Å². The number of Topliss-reactive ketones (excluding diaryl/α,β-unsaturated/α-hetero) is 1. The molecule has 3 aliphatic rings. The molecule has 0 amide bonds. The zero-order valence-corrected chi connectivity index (χ0v) is 17.3. The van der Waals surface area contributed by atoms with Crippen molar-refractivity contribution >= 4 is 23.1 Å². The predicted molar refractivity (Wildman–Crippen MR) is 119 cm³/mol. The average molecular weight is 428 g/mol. The normalized spacial score (nSPS) is 19.0. The maximum atomic E-state index is 14.9. The van der Waals surface area contributed by atoms with Crippen LogP contribution < -0.4 is 10.5 Å². The summed E-state index contributed by atoms with van der Waals surface area (Å²) in [6.45, 7) is 0.493. The second kappa shape index (κ2) is 7.22. The predicted octanol–water partition coefficient (Wildman–Crippen LogP) is 4.34. The molecule has 1 unspecified atom stereocenters. The number of hydrogen-bond acceptors (Lipinski definition) is 6. The van der Waals surface area contributed by atoms with Crippen molar-refractivity contribution < 1.29 is 13.9 Å². The highest BCUT2D eigenvalue weighted by Gasteiger charge is 2.33. The van der Waals surface area contributed by atoms with Gasteiger partial charge in [-0.05, 0) is 61.2 Å². The molecular weight excluding hydrogens is 407 g/mol. The van der Waals surface area contributed by atoms with Crippen LogP contribution in [0, 0.1) is 17.7 Å². The lowest BCUT2D eigenvalue weighted by Crippen LogP contribution is -2.28. The minimum Gasteiger partial charge on any atom is -0.493 e. The van der Waals surface area contributed by atoms with E-state index < -0.39 is 0 Å². The van der Waals surface area contributed by atoms with Gasteiger partial charge in [0.15, 0.2) is 5.78 Å². The number of nitrogens with two attached hydrogens (primary N) is 1. The van der Waals surface area contributed by atoms with Crippen LogP contribution in [0.1, 0.15) is 34.3 Å². The van der Waals surface area contributed by atoms with E-state index in [2.05, 4.69) is 9.97 Å². The van der Waals surface area contributed by atoms with Crippen LogP contribution in [-0.4, -0.2) is 28.1 Å². The fourth-order valence-corrected chi connectivity index (χ4v) is 4.53. The van der Waals surface area contributed by atoms with Crippen LogP contribution in [0.4, 0.5) is 16.0 Å². The number of nitrogens with zero attached hydrogens (tertiary/aromatic N) is 3. The van der Waals surface area contributed by atoms with E-state index in [4.69, 9.17) is 15.5 Å². The van der Waals surface area contributed by atoms with Gasteiger partial charge in [0.05, 0.1) is 18.0 Å². The van der Waals surface area contributed by atoms with Crippen molar-refractivity contribution in [3.63, 3.8) is 0 Å². The van der Waals surface area contributed by atoms with Crippen LogP contribution in [0.2, 0.25) is 0 Å². The molecule has 1 aromatic heterocycles. The van der Waals surface area contributed by atoms with Gasteiger partial charge in [-0.25, -0.2) is 14.4 Å². The number of ketones is 1. The Bertz CT molecular complexity index is 1300. The molecule has 6 nitrogen and oxygen atoms in total. The Morgan fingerprint density at radius 1 is 1.16 bits per heavy atom. The molecule has 0 radical (unpaired) electrons. The number of rotatable bonds is 4. The number of aromatic nitrogens is 2. The standard InChI is InChI=1S/C25H21FN4O2/c26-19-9-15(20-5-6-28-25(27)30-20)10-22-18(19)11-21(29-22)17-8-16-7-14(24(31)13-1-2-13)3-4-23(16)32-12-17/h3-7,9-10,13,17H,1-2,8,11-12H2,(H2,27,28,30). The molecule has 1 atom stereocenters. The summed E-state index contributed by atoms with van der Waals surface area (Å²) in [7, 11) is 0. The molecule has 1 saturated carbocycles. The summed E-state index contributed by atoms with van der Waals surface area (Å²) in [5, 5.41) is 0. The number of aliphatic imine (C=N–C) groups is 1. The van der Waals surface area contributed by atoms with E-state index in [1.54, 1.807) is 12.3 Å². The molecule has 2 N–H and O–H groups in total. The Morgan fingerprint density at radius 2 is 2.03 bits per heavy atom. The van der Waals surface area contributed by atoms with Crippen LogP contribution in [0.15, 0.2) is 47.6 Å². The molecule has 0 saturated heterocycles. The summed E-state index contributed by atoms with van der Waals surface area (Å²) in [5.74, 6) is 1.11. The number of ether oxygens (including phenoxy) is 1. The van der Waals surface area contributed by atoms with E-state index in [9.17, 15) is 9.18 Å². The van der Waals surface area contributed by atoms with Crippen molar-refractivity contribution in [2.45, 2.75) is 25.7 Å². The highest BCUT2D eigenvalue weighted by molar-refractivity contribution is 6.00.